The summed E-state index contributed by atoms with van der Waals surface area (Å²) in [5.41, 5.74) is 0. The molecule has 82 heavy (non-hydrogen) atoms. The van der Waals surface area contributed by atoms with E-state index in [-0.39, 0.29) is 31.1 Å². The number of unbranched alkanes of at least 4 members (excludes halogenated alkanes) is 43. The van der Waals surface area contributed by atoms with Gasteiger partial charge in [0.1, 0.15) is 13.2 Å². The van der Waals surface area contributed by atoms with Gasteiger partial charge in [0, 0.05) is 19.3 Å². The van der Waals surface area contributed by atoms with Gasteiger partial charge in [0.2, 0.25) is 0 Å². The molecule has 0 fully saturated rings. The van der Waals surface area contributed by atoms with Crippen molar-refractivity contribution in [2.45, 2.75) is 380 Å². The molecule has 6 heteroatoms. The van der Waals surface area contributed by atoms with E-state index in [2.05, 4.69) is 93.7 Å². The van der Waals surface area contributed by atoms with Crippen LogP contribution in [-0.2, 0) is 28.6 Å². The van der Waals surface area contributed by atoms with Gasteiger partial charge in [-0.1, -0.05) is 318 Å². The highest BCUT2D eigenvalue weighted by Crippen LogP contribution is 2.18. The molecule has 0 saturated carbocycles. The quantitative estimate of drug-likeness (QED) is 0.0261. The average Bonchev–Trinajstić information content (AvgIpc) is 3.47. The lowest BCUT2D eigenvalue weighted by Crippen LogP contribution is -2.30. The van der Waals surface area contributed by atoms with Crippen molar-refractivity contribution in [3.05, 3.63) is 72.9 Å². The number of hydrogen-bond donors (Lipinski definition) is 0. The second-order valence-corrected chi connectivity index (χ2v) is 24.1. The first-order chi connectivity index (χ1) is 40.5. The molecule has 0 aliphatic carbocycles. The molecule has 476 valence electrons. The van der Waals surface area contributed by atoms with Gasteiger partial charge in [0.05, 0.1) is 0 Å². The first kappa shape index (κ1) is 78.8. The topological polar surface area (TPSA) is 78.9 Å². The van der Waals surface area contributed by atoms with E-state index in [0.29, 0.717) is 19.3 Å². The molecule has 1 unspecified atom stereocenters. The normalized spacial score (nSPS) is 12.5. The number of ether oxygens (including phenoxy) is 3. The summed E-state index contributed by atoms with van der Waals surface area (Å²) < 4.78 is 16.9. The van der Waals surface area contributed by atoms with E-state index in [1.165, 1.54) is 218 Å². The van der Waals surface area contributed by atoms with Gasteiger partial charge < -0.3 is 14.2 Å². The number of allylic oxidation sites excluding steroid dienone is 12. The third-order valence-corrected chi connectivity index (χ3v) is 15.9. The summed E-state index contributed by atoms with van der Waals surface area (Å²) >= 11 is 0. The van der Waals surface area contributed by atoms with Crippen LogP contribution in [0.1, 0.15) is 374 Å². The SMILES string of the molecule is CCC/C=C\C/C=C\CCCCCCCC(=O)OCC(COC(=O)CCCCCCCCCCCCCCCCCCCCCCCCC/C=C\C/C=C\CCCCCCC)OC(=O)CCCCCCC/C=C\C/C=C\CCCCCC. The van der Waals surface area contributed by atoms with Gasteiger partial charge in [-0.15, -0.1) is 0 Å². The summed E-state index contributed by atoms with van der Waals surface area (Å²) in [5.74, 6) is -0.893. The third-order valence-electron chi connectivity index (χ3n) is 15.9. The van der Waals surface area contributed by atoms with Crippen molar-refractivity contribution in [2.24, 2.45) is 0 Å². The van der Waals surface area contributed by atoms with Crippen molar-refractivity contribution in [1.29, 1.82) is 0 Å². The standard InChI is InChI=1S/C76H136O6/c1-4-7-10-13-16-19-22-25-27-29-30-31-32-33-34-35-36-37-38-39-40-41-42-43-44-45-46-47-49-51-54-57-60-63-66-69-75(78)81-72-73(71-80-74(77)68-65-62-59-56-53-50-24-21-18-15-12-9-6-3)82-76(79)70-67-64-61-58-55-52-48-28-26-23-20-17-14-11-8-5-2/h12,15,20-25,28-30,48,73H,4-11,13-14,16-19,26-27,31-47,49-72H2,1-3H3/b15-12-,23-20-,24-21-,25-22-,30-29-,48-28-. The minimum absolute atomic E-state index is 0.0822. The Balaban J connectivity index is 4.10. The van der Waals surface area contributed by atoms with Crippen LogP contribution in [0.15, 0.2) is 72.9 Å². The molecule has 0 rings (SSSR count). The number of carbonyl (C=O) groups excluding carboxylic acids is 3. The Morgan fingerprint density at radius 1 is 0.244 bits per heavy atom. The molecule has 0 aliphatic rings. The molecule has 6 nitrogen and oxygen atoms in total. The molecule has 0 aromatic heterocycles. The van der Waals surface area contributed by atoms with Crippen molar-refractivity contribution in [1.82, 2.24) is 0 Å². The minimum Gasteiger partial charge on any atom is -0.462 e. The number of rotatable bonds is 66. The highest BCUT2D eigenvalue weighted by atomic mass is 16.6. The lowest BCUT2D eigenvalue weighted by atomic mass is 10.0. The summed E-state index contributed by atoms with van der Waals surface area (Å²) in [4.78, 5) is 38.3. The molecule has 0 aromatic carbocycles. The summed E-state index contributed by atoms with van der Waals surface area (Å²) in [5, 5.41) is 0. The van der Waals surface area contributed by atoms with Crippen LogP contribution in [0.2, 0.25) is 0 Å². The van der Waals surface area contributed by atoms with Crippen LogP contribution in [0.3, 0.4) is 0 Å². The molecule has 0 saturated heterocycles. The Kier molecular flexibility index (Phi) is 67.6. The van der Waals surface area contributed by atoms with Crippen LogP contribution in [-0.4, -0.2) is 37.2 Å². The van der Waals surface area contributed by atoms with Crippen LogP contribution in [0, 0.1) is 0 Å². The van der Waals surface area contributed by atoms with E-state index in [9.17, 15) is 14.4 Å². The number of hydrogen-bond acceptors (Lipinski definition) is 6. The lowest BCUT2D eigenvalue weighted by Gasteiger charge is -2.18. The van der Waals surface area contributed by atoms with Crippen LogP contribution in [0.25, 0.3) is 0 Å². The molecular formula is C76H136O6. The third kappa shape index (κ3) is 67.6. The second kappa shape index (κ2) is 70.3. The molecule has 0 bridgehead atoms. The predicted molar refractivity (Wildman–Crippen MR) is 358 cm³/mol. The maximum absolute atomic E-state index is 12.9. The van der Waals surface area contributed by atoms with Crippen molar-refractivity contribution in [3.63, 3.8) is 0 Å². The molecule has 0 radical (unpaired) electrons. The highest BCUT2D eigenvalue weighted by molar-refractivity contribution is 5.71. The van der Waals surface area contributed by atoms with Gasteiger partial charge >= 0.3 is 17.9 Å². The Morgan fingerprint density at radius 2 is 0.463 bits per heavy atom. The van der Waals surface area contributed by atoms with E-state index < -0.39 is 6.10 Å². The van der Waals surface area contributed by atoms with Gasteiger partial charge in [-0.25, -0.2) is 0 Å². The summed E-state index contributed by atoms with van der Waals surface area (Å²) in [7, 11) is 0. The zero-order valence-corrected chi connectivity index (χ0v) is 54.8. The van der Waals surface area contributed by atoms with E-state index in [1.807, 2.05) is 0 Å². The highest BCUT2D eigenvalue weighted by Gasteiger charge is 2.19. The number of carbonyl (C=O) groups is 3. The molecule has 0 amide bonds. The zero-order valence-electron chi connectivity index (χ0n) is 54.8. The fourth-order valence-electron chi connectivity index (χ4n) is 10.5. The maximum atomic E-state index is 12.9. The Bertz CT molecular complexity index is 1500. The summed E-state index contributed by atoms with van der Waals surface area (Å²) in [6.45, 7) is 6.57. The monoisotopic (exact) mass is 1150 g/mol. The molecule has 0 aliphatic heterocycles. The van der Waals surface area contributed by atoms with Gasteiger partial charge in [0.15, 0.2) is 6.10 Å². The van der Waals surface area contributed by atoms with Gasteiger partial charge in [-0.3, -0.25) is 14.4 Å². The average molecular weight is 1150 g/mol. The Morgan fingerprint density at radius 3 is 0.732 bits per heavy atom. The Labute approximate surface area is 510 Å². The van der Waals surface area contributed by atoms with E-state index in [4.69, 9.17) is 14.2 Å². The zero-order chi connectivity index (χ0) is 59.2. The van der Waals surface area contributed by atoms with Gasteiger partial charge in [-0.05, 0) is 109 Å². The van der Waals surface area contributed by atoms with Crippen LogP contribution in [0.5, 0.6) is 0 Å². The molecule has 0 heterocycles. The smallest absolute Gasteiger partial charge is 0.306 e. The second-order valence-electron chi connectivity index (χ2n) is 24.1. The van der Waals surface area contributed by atoms with Crippen LogP contribution >= 0.6 is 0 Å². The van der Waals surface area contributed by atoms with Crippen molar-refractivity contribution in [2.75, 3.05) is 13.2 Å². The number of esters is 3. The fraction of sp³-hybridized carbons (Fsp3) is 0.803. The molecule has 0 spiro atoms. The van der Waals surface area contributed by atoms with E-state index in [1.54, 1.807) is 0 Å². The molecule has 1 atom stereocenters. The fourth-order valence-corrected chi connectivity index (χ4v) is 10.5. The van der Waals surface area contributed by atoms with Gasteiger partial charge in [0.25, 0.3) is 0 Å². The van der Waals surface area contributed by atoms with Crippen molar-refractivity contribution < 1.29 is 28.6 Å². The molecule has 0 N–H and O–H groups in total. The first-order valence-electron chi connectivity index (χ1n) is 35.9. The van der Waals surface area contributed by atoms with Crippen molar-refractivity contribution >= 4 is 17.9 Å². The van der Waals surface area contributed by atoms with Gasteiger partial charge in [-0.2, -0.15) is 0 Å². The van der Waals surface area contributed by atoms with E-state index >= 15 is 0 Å². The summed E-state index contributed by atoms with van der Waals surface area (Å²) in [6, 6.07) is 0. The molecular weight excluding hydrogens is 1010 g/mol. The van der Waals surface area contributed by atoms with Crippen LogP contribution < -0.4 is 0 Å². The predicted octanol–water partition coefficient (Wildman–Crippen LogP) is 24.8. The molecule has 0 aromatic rings. The Hall–Kier alpha value is -3.15. The largest absolute Gasteiger partial charge is 0.462 e. The minimum atomic E-state index is -0.788. The summed E-state index contributed by atoms with van der Waals surface area (Å²) in [6.07, 6.45) is 92.4. The van der Waals surface area contributed by atoms with E-state index in [0.717, 1.165) is 116 Å². The first-order valence-corrected chi connectivity index (χ1v) is 35.9. The lowest BCUT2D eigenvalue weighted by molar-refractivity contribution is -0.167. The van der Waals surface area contributed by atoms with Crippen molar-refractivity contribution in [3.8, 4) is 0 Å². The maximum Gasteiger partial charge on any atom is 0.306 e. The van der Waals surface area contributed by atoms with Crippen LogP contribution in [0.4, 0.5) is 0 Å².